The van der Waals surface area contributed by atoms with E-state index in [-0.39, 0.29) is 5.56 Å². The van der Waals surface area contributed by atoms with Gasteiger partial charge in [-0.05, 0) is 42.6 Å². The van der Waals surface area contributed by atoms with Crippen LogP contribution in [0.4, 0.5) is 0 Å². The Morgan fingerprint density at radius 2 is 1.92 bits per heavy atom. The molecule has 0 bridgehead atoms. The zero-order valence-electron chi connectivity index (χ0n) is 13.4. The lowest BCUT2D eigenvalue weighted by atomic mass is 10.1. The summed E-state index contributed by atoms with van der Waals surface area (Å²) in [5.41, 5.74) is 0.722. The molecule has 0 aliphatic heterocycles. The number of methoxy groups -OCH3 is 1. The zero-order valence-corrected chi connectivity index (χ0v) is 13.4. The molecular formula is C19H16N2O3. The number of aromatic nitrogens is 1. The third kappa shape index (κ3) is 2.59. The number of benzene rings is 2. The second-order valence-corrected chi connectivity index (χ2v) is 5.14. The van der Waals surface area contributed by atoms with Crippen molar-refractivity contribution >= 4 is 10.8 Å². The highest BCUT2D eigenvalue weighted by Crippen LogP contribution is 2.24. The monoisotopic (exact) mass is 320 g/mol. The van der Waals surface area contributed by atoms with E-state index in [9.17, 15) is 10.1 Å². The summed E-state index contributed by atoms with van der Waals surface area (Å²) in [5, 5.41) is 10.4. The highest BCUT2D eigenvalue weighted by Gasteiger charge is 2.14. The second-order valence-electron chi connectivity index (χ2n) is 5.14. The van der Waals surface area contributed by atoms with Crippen molar-refractivity contribution in [2.75, 3.05) is 13.7 Å². The molecule has 3 aromatic rings. The van der Waals surface area contributed by atoms with E-state index in [4.69, 9.17) is 9.47 Å². The SMILES string of the molecule is CCOc1cc2cccc(C#N)c2c(=O)n1-c1ccc(OC)cc1. The number of nitriles is 1. The molecule has 0 atom stereocenters. The Bertz CT molecular complexity index is 982. The Kier molecular flexibility index (Phi) is 4.21. The van der Waals surface area contributed by atoms with Gasteiger partial charge in [-0.3, -0.25) is 4.79 Å². The number of pyridine rings is 1. The summed E-state index contributed by atoms with van der Waals surface area (Å²) in [6.45, 7) is 2.29. The molecule has 0 unspecified atom stereocenters. The molecule has 5 nitrogen and oxygen atoms in total. The quantitative estimate of drug-likeness (QED) is 0.740. The van der Waals surface area contributed by atoms with Gasteiger partial charge in [-0.1, -0.05) is 12.1 Å². The molecule has 0 aliphatic rings. The Labute approximate surface area is 139 Å². The van der Waals surface area contributed by atoms with Crippen molar-refractivity contribution in [3.63, 3.8) is 0 Å². The van der Waals surface area contributed by atoms with E-state index < -0.39 is 0 Å². The van der Waals surface area contributed by atoms with Crippen molar-refractivity contribution in [2.45, 2.75) is 6.92 Å². The summed E-state index contributed by atoms with van der Waals surface area (Å²) in [5.74, 6) is 1.14. The molecule has 24 heavy (non-hydrogen) atoms. The minimum atomic E-state index is -0.279. The zero-order chi connectivity index (χ0) is 17.1. The average Bonchev–Trinajstić information content (AvgIpc) is 2.62. The van der Waals surface area contributed by atoms with Gasteiger partial charge in [-0.2, -0.15) is 5.26 Å². The van der Waals surface area contributed by atoms with Gasteiger partial charge in [-0.15, -0.1) is 0 Å². The van der Waals surface area contributed by atoms with Crippen LogP contribution in [0.1, 0.15) is 12.5 Å². The molecule has 0 radical (unpaired) electrons. The van der Waals surface area contributed by atoms with E-state index in [0.29, 0.717) is 40.3 Å². The van der Waals surface area contributed by atoms with Gasteiger partial charge in [0.1, 0.15) is 5.75 Å². The number of nitrogens with zero attached hydrogens (tertiary/aromatic N) is 2. The lowest BCUT2D eigenvalue weighted by Gasteiger charge is -2.15. The van der Waals surface area contributed by atoms with Crippen LogP contribution in [0.25, 0.3) is 16.5 Å². The Morgan fingerprint density at radius 3 is 2.54 bits per heavy atom. The van der Waals surface area contributed by atoms with Crippen molar-refractivity contribution in [2.24, 2.45) is 0 Å². The maximum Gasteiger partial charge on any atom is 0.267 e. The number of rotatable bonds is 4. The van der Waals surface area contributed by atoms with Crippen LogP contribution in [0, 0.1) is 11.3 Å². The summed E-state index contributed by atoms with van der Waals surface area (Å²) in [6, 6.07) is 16.2. The molecule has 0 saturated carbocycles. The van der Waals surface area contributed by atoms with Crippen molar-refractivity contribution in [3.8, 4) is 23.4 Å². The first kappa shape index (κ1) is 15.6. The van der Waals surface area contributed by atoms with Gasteiger partial charge < -0.3 is 9.47 Å². The average molecular weight is 320 g/mol. The van der Waals surface area contributed by atoms with Gasteiger partial charge in [0.05, 0.1) is 36.4 Å². The Hall–Kier alpha value is -3.26. The van der Waals surface area contributed by atoms with E-state index in [1.807, 2.05) is 6.92 Å². The van der Waals surface area contributed by atoms with Crippen LogP contribution in [0.2, 0.25) is 0 Å². The Balaban J connectivity index is 2.35. The van der Waals surface area contributed by atoms with Gasteiger partial charge in [-0.25, -0.2) is 4.57 Å². The molecule has 0 fully saturated rings. The van der Waals surface area contributed by atoms with Gasteiger partial charge in [0, 0.05) is 6.07 Å². The first-order valence-corrected chi connectivity index (χ1v) is 7.55. The molecule has 3 rings (SSSR count). The Morgan fingerprint density at radius 1 is 1.17 bits per heavy atom. The van der Waals surface area contributed by atoms with Crippen molar-refractivity contribution in [3.05, 3.63) is 64.4 Å². The molecule has 120 valence electrons. The molecule has 0 aliphatic carbocycles. The predicted molar refractivity (Wildman–Crippen MR) is 92.0 cm³/mol. The predicted octanol–water partition coefficient (Wildman–Crippen LogP) is 3.27. The topological polar surface area (TPSA) is 64.2 Å². The first-order valence-electron chi connectivity index (χ1n) is 7.55. The van der Waals surface area contributed by atoms with Crippen LogP contribution in [0.3, 0.4) is 0 Å². The minimum Gasteiger partial charge on any atom is -0.497 e. The molecular weight excluding hydrogens is 304 g/mol. The van der Waals surface area contributed by atoms with Crippen LogP contribution in [-0.2, 0) is 0 Å². The largest absolute Gasteiger partial charge is 0.497 e. The number of ether oxygens (including phenoxy) is 2. The number of fused-ring (bicyclic) bond motifs is 1. The van der Waals surface area contributed by atoms with E-state index >= 15 is 0 Å². The van der Waals surface area contributed by atoms with E-state index in [2.05, 4.69) is 6.07 Å². The highest BCUT2D eigenvalue weighted by molar-refractivity contribution is 5.88. The second kappa shape index (κ2) is 6.47. The van der Waals surface area contributed by atoms with Crippen molar-refractivity contribution < 1.29 is 9.47 Å². The van der Waals surface area contributed by atoms with Crippen LogP contribution in [-0.4, -0.2) is 18.3 Å². The molecule has 0 N–H and O–H groups in total. The fourth-order valence-electron chi connectivity index (χ4n) is 2.66. The van der Waals surface area contributed by atoms with Gasteiger partial charge >= 0.3 is 0 Å². The highest BCUT2D eigenvalue weighted by atomic mass is 16.5. The standard InChI is InChI=1S/C19H16N2O3/c1-3-24-17-11-13-5-4-6-14(12-20)18(13)19(22)21(17)15-7-9-16(23-2)10-8-15/h4-11H,3H2,1-2H3. The third-order valence-electron chi connectivity index (χ3n) is 3.76. The van der Waals surface area contributed by atoms with Crippen LogP contribution < -0.4 is 15.0 Å². The molecule has 5 heteroatoms. The van der Waals surface area contributed by atoms with Crippen LogP contribution in [0.5, 0.6) is 11.6 Å². The van der Waals surface area contributed by atoms with E-state index in [0.717, 1.165) is 0 Å². The summed E-state index contributed by atoms with van der Waals surface area (Å²) < 4.78 is 12.3. The van der Waals surface area contributed by atoms with Crippen LogP contribution in [0.15, 0.2) is 53.3 Å². The number of hydrogen-bond donors (Lipinski definition) is 0. The van der Waals surface area contributed by atoms with Crippen LogP contribution >= 0.6 is 0 Å². The third-order valence-corrected chi connectivity index (χ3v) is 3.76. The van der Waals surface area contributed by atoms with Gasteiger partial charge in [0.2, 0.25) is 5.88 Å². The smallest absolute Gasteiger partial charge is 0.267 e. The van der Waals surface area contributed by atoms with Gasteiger partial charge in [0.25, 0.3) is 5.56 Å². The van der Waals surface area contributed by atoms with E-state index in [1.165, 1.54) is 4.57 Å². The molecule has 2 aromatic carbocycles. The fourth-order valence-corrected chi connectivity index (χ4v) is 2.66. The van der Waals surface area contributed by atoms with Crippen molar-refractivity contribution in [1.82, 2.24) is 4.57 Å². The fraction of sp³-hybridized carbons (Fsp3) is 0.158. The first-order chi connectivity index (χ1) is 11.7. The molecule has 1 heterocycles. The maximum absolute atomic E-state index is 13.1. The normalized spacial score (nSPS) is 10.4. The summed E-state index contributed by atoms with van der Waals surface area (Å²) in [6.07, 6.45) is 0. The lowest BCUT2D eigenvalue weighted by Crippen LogP contribution is -2.21. The minimum absolute atomic E-state index is 0.279. The number of hydrogen-bond acceptors (Lipinski definition) is 4. The summed E-state index contributed by atoms with van der Waals surface area (Å²) in [7, 11) is 1.59. The molecule has 0 saturated heterocycles. The molecule has 0 amide bonds. The summed E-state index contributed by atoms with van der Waals surface area (Å²) >= 11 is 0. The molecule has 0 spiro atoms. The van der Waals surface area contributed by atoms with Crippen molar-refractivity contribution in [1.29, 1.82) is 5.26 Å². The van der Waals surface area contributed by atoms with E-state index in [1.54, 1.807) is 55.6 Å². The summed E-state index contributed by atoms with van der Waals surface area (Å²) in [4.78, 5) is 13.1. The van der Waals surface area contributed by atoms with Gasteiger partial charge in [0.15, 0.2) is 0 Å². The maximum atomic E-state index is 13.1. The molecule has 1 aromatic heterocycles. The lowest BCUT2D eigenvalue weighted by molar-refractivity contribution is 0.318.